The zero-order valence-corrected chi connectivity index (χ0v) is 24.4. The van der Waals surface area contributed by atoms with E-state index in [0.717, 1.165) is 24.0 Å². The Balaban J connectivity index is 1.49. The van der Waals surface area contributed by atoms with Crippen LogP contribution in [0, 0.1) is 6.92 Å². The standard InChI is InChI=1S/C32H30N4O5S/c1-4-5-8-17-41-21-12-10-20(11-13-21)28-26(29(37)27-19(2)33-25-9-6-7-16-35(25)27)30(38)31(39)36(28)32-34-23-15-14-22(40-3)18-24(23)42-32/h6-7,9-16,18,28,37H,4-5,8,17H2,1-3H3. The summed E-state index contributed by atoms with van der Waals surface area (Å²) in [5.41, 5.74) is 2.80. The molecule has 214 valence electrons. The third-order valence-corrected chi connectivity index (χ3v) is 8.39. The van der Waals surface area contributed by atoms with E-state index in [4.69, 9.17) is 14.5 Å². The van der Waals surface area contributed by atoms with Crippen LogP contribution in [0.25, 0.3) is 21.6 Å². The molecular weight excluding hydrogens is 552 g/mol. The molecule has 6 rings (SSSR count). The van der Waals surface area contributed by atoms with Crippen LogP contribution in [0.5, 0.6) is 11.5 Å². The minimum Gasteiger partial charge on any atom is -0.505 e. The third-order valence-electron chi connectivity index (χ3n) is 7.38. The topological polar surface area (TPSA) is 106 Å². The summed E-state index contributed by atoms with van der Waals surface area (Å²) in [4.78, 5) is 38.1. The number of hydrogen-bond acceptors (Lipinski definition) is 8. The van der Waals surface area contributed by atoms with Gasteiger partial charge in [0.25, 0.3) is 5.78 Å². The van der Waals surface area contributed by atoms with Crippen LogP contribution in [0.15, 0.2) is 72.4 Å². The fraction of sp³-hybridized carbons (Fsp3) is 0.250. The maximum Gasteiger partial charge on any atom is 0.301 e. The van der Waals surface area contributed by atoms with Gasteiger partial charge in [-0.05, 0) is 61.4 Å². The van der Waals surface area contributed by atoms with E-state index < -0.39 is 17.7 Å². The molecule has 42 heavy (non-hydrogen) atoms. The van der Waals surface area contributed by atoms with Gasteiger partial charge in [-0.15, -0.1) is 0 Å². The summed E-state index contributed by atoms with van der Waals surface area (Å²) >= 11 is 1.28. The number of amides is 1. The van der Waals surface area contributed by atoms with Gasteiger partial charge in [0, 0.05) is 6.20 Å². The molecule has 1 aliphatic heterocycles. The first-order valence-corrected chi connectivity index (χ1v) is 14.6. The molecule has 0 aliphatic carbocycles. The molecule has 3 aromatic heterocycles. The molecule has 1 atom stereocenters. The quantitative estimate of drug-likeness (QED) is 0.0921. The van der Waals surface area contributed by atoms with E-state index in [1.165, 1.54) is 16.2 Å². The predicted octanol–water partition coefficient (Wildman–Crippen LogP) is 6.46. The zero-order valence-electron chi connectivity index (χ0n) is 23.5. The molecule has 9 nitrogen and oxygen atoms in total. The van der Waals surface area contributed by atoms with Crippen molar-refractivity contribution in [3.8, 4) is 11.5 Å². The Morgan fingerprint density at radius 2 is 1.81 bits per heavy atom. The monoisotopic (exact) mass is 582 g/mol. The Bertz CT molecular complexity index is 1840. The number of aromatic nitrogens is 3. The number of rotatable bonds is 9. The van der Waals surface area contributed by atoms with Crippen molar-refractivity contribution in [2.45, 2.75) is 39.2 Å². The molecule has 2 aromatic carbocycles. The van der Waals surface area contributed by atoms with Crippen LogP contribution < -0.4 is 14.4 Å². The number of aliphatic hydroxyl groups is 1. The second kappa shape index (κ2) is 11.3. The Labute approximate surface area is 246 Å². The van der Waals surface area contributed by atoms with Crippen molar-refractivity contribution in [1.82, 2.24) is 14.4 Å². The normalized spacial score (nSPS) is 16.5. The fourth-order valence-corrected chi connectivity index (χ4v) is 6.30. The smallest absolute Gasteiger partial charge is 0.301 e. The Morgan fingerprint density at radius 3 is 2.57 bits per heavy atom. The number of hydrogen-bond donors (Lipinski definition) is 1. The second-order valence-corrected chi connectivity index (χ2v) is 11.1. The van der Waals surface area contributed by atoms with Gasteiger partial charge in [-0.3, -0.25) is 18.9 Å². The van der Waals surface area contributed by atoms with E-state index in [2.05, 4.69) is 11.9 Å². The minimum absolute atomic E-state index is 0.0257. The molecule has 1 aliphatic rings. The number of pyridine rings is 1. The predicted molar refractivity (Wildman–Crippen MR) is 162 cm³/mol. The fourth-order valence-electron chi connectivity index (χ4n) is 5.28. The highest BCUT2D eigenvalue weighted by atomic mass is 32.1. The lowest BCUT2D eigenvalue weighted by Gasteiger charge is -2.23. The lowest BCUT2D eigenvalue weighted by molar-refractivity contribution is -0.132. The number of fused-ring (bicyclic) bond motifs is 2. The van der Waals surface area contributed by atoms with Gasteiger partial charge in [0.15, 0.2) is 10.9 Å². The van der Waals surface area contributed by atoms with Crippen LogP contribution in [0.1, 0.15) is 49.2 Å². The van der Waals surface area contributed by atoms with Crippen molar-refractivity contribution in [3.05, 3.63) is 89.4 Å². The van der Waals surface area contributed by atoms with E-state index in [0.29, 0.717) is 51.4 Å². The minimum atomic E-state index is -0.921. The molecule has 1 saturated heterocycles. The van der Waals surface area contributed by atoms with Gasteiger partial charge in [0.05, 0.1) is 41.2 Å². The highest BCUT2D eigenvalue weighted by molar-refractivity contribution is 7.22. The summed E-state index contributed by atoms with van der Waals surface area (Å²) in [6.45, 7) is 4.51. The molecule has 4 heterocycles. The van der Waals surface area contributed by atoms with Crippen molar-refractivity contribution in [1.29, 1.82) is 0 Å². The summed E-state index contributed by atoms with van der Waals surface area (Å²) in [5, 5.41) is 12.1. The summed E-state index contributed by atoms with van der Waals surface area (Å²) in [5.74, 6) is -0.497. The number of carbonyl (C=O) groups is 2. The van der Waals surface area contributed by atoms with Crippen molar-refractivity contribution < 1.29 is 24.2 Å². The molecule has 0 bridgehead atoms. The number of carbonyl (C=O) groups excluding carboxylic acids is 2. The molecule has 5 aromatic rings. The number of anilines is 1. The molecule has 10 heteroatoms. The van der Waals surface area contributed by atoms with Gasteiger partial charge < -0.3 is 14.6 Å². The van der Waals surface area contributed by atoms with E-state index in [9.17, 15) is 14.7 Å². The number of Topliss-reactive ketones (excluding diaryl/α,β-unsaturated/α-hetero) is 1. The summed E-state index contributed by atoms with van der Waals surface area (Å²) in [6, 6.07) is 17.3. The van der Waals surface area contributed by atoms with Crippen molar-refractivity contribution in [2.24, 2.45) is 0 Å². The van der Waals surface area contributed by atoms with Crippen molar-refractivity contribution >= 4 is 49.8 Å². The van der Waals surface area contributed by atoms with E-state index >= 15 is 0 Å². The highest BCUT2D eigenvalue weighted by Crippen LogP contribution is 2.45. The van der Waals surface area contributed by atoms with Gasteiger partial charge in [-0.2, -0.15) is 0 Å². The lowest BCUT2D eigenvalue weighted by Crippen LogP contribution is -2.29. The average Bonchev–Trinajstić information content (AvgIpc) is 3.65. The van der Waals surface area contributed by atoms with E-state index in [-0.39, 0.29) is 11.3 Å². The molecule has 1 amide bonds. The van der Waals surface area contributed by atoms with Gasteiger partial charge in [-0.1, -0.05) is 49.3 Å². The molecule has 0 saturated carbocycles. The number of ketones is 1. The number of benzene rings is 2. The maximum atomic E-state index is 13.7. The van der Waals surface area contributed by atoms with Crippen molar-refractivity contribution in [3.63, 3.8) is 0 Å². The summed E-state index contributed by atoms with van der Waals surface area (Å²) < 4.78 is 13.8. The van der Waals surface area contributed by atoms with Gasteiger partial charge in [0.2, 0.25) is 0 Å². The third kappa shape index (κ3) is 4.77. The number of methoxy groups -OCH3 is 1. The van der Waals surface area contributed by atoms with Crippen LogP contribution in [0.3, 0.4) is 0 Å². The van der Waals surface area contributed by atoms with Crippen molar-refractivity contribution in [2.75, 3.05) is 18.6 Å². The van der Waals surface area contributed by atoms with Crippen LogP contribution in [-0.2, 0) is 9.59 Å². The largest absolute Gasteiger partial charge is 0.505 e. The number of nitrogens with zero attached hydrogens (tertiary/aromatic N) is 4. The Morgan fingerprint density at radius 1 is 1.02 bits per heavy atom. The Hall–Kier alpha value is -4.70. The average molecular weight is 583 g/mol. The first-order chi connectivity index (χ1) is 20.4. The first-order valence-electron chi connectivity index (χ1n) is 13.8. The van der Waals surface area contributed by atoms with Gasteiger partial charge in [0.1, 0.15) is 22.8 Å². The van der Waals surface area contributed by atoms with E-state index in [1.807, 2.05) is 54.6 Å². The molecule has 0 spiro atoms. The SMILES string of the molecule is CCCCCOc1ccc(C2C(=C(O)c3c(C)nc4ccccn34)C(=O)C(=O)N2c2nc3ccc(OC)cc3s2)cc1. The molecule has 0 radical (unpaired) electrons. The molecular formula is C32H30N4O5S. The highest BCUT2D eigenvalue weighted by Gasteiger charge is 2.48. The van der Waals surface area contributed by atoms with E-state index in [1.54, 1.807) is 30.7 Å². The van der Waals surface area contributed by atoms with Gasteiger partial charge in [-0.25, -0.2) is 9.97 Å². The maximum absolute atomic E-state index is 13.7. The lowest BCUT2D eigenvalue weighted by atomic mass is 9.96. The van der Waals surface area contributed by atoms with Crippen LogP contribution in [-0.4, -0.2) is 44.9 Å². The van der Waals surface area contributed by atoms with Gasteiger partial charge >= 0.3 is 5.91 Å². The first kappa shape index (κ1) is 27.5. The van der Waals surface area contributed by atoms with Crippen LogP contribution >= 0.6 is 11.3 Å². The number of thiazole rings is 1. The summed E-state index contributed by atoms with van der Waals surface area (Å²) in [6.07, 6.45) is 4.91. The van der Waals surface area contributed by atoms with Crippen LogP contribution in [0.2, 0.25) is 0 Å². The zero-order chi connectivity index (χ0) is 29.4. The number of ether oxygens (including phenoxy) is 2. The Kier molecular flexibility index (Phi) is 7.38. The number of imidazole rings is 1. The van der Waals surface area contributed by atoms with Crippen LogP contribution in [0.4, 0.5) is 5.13 Å². The number of unbranched alkanes of at least 4 members (excludes halogenated alkanes) is 2. The molecule has 1 fully saturated rings. The number of aryl methyl sites for hydroxylation is 1. The summed E-state index contributed by atoms with van der Waals surface area (Å²) in [7, 11) is 1.58. The number of aliphatic hydroxyl groups excluding tert-OH is 1. The molecule has 1 unspecified atom stereocenters. The second-order valence-electron chi connectivity index (χ2n) is 10.1. The molecule has 1 N–H and O–H groups in total.